The van der Waals surface area contributed by atoms with Crippen LogP contribution in [0.3, 0.4) is 0 Å². The molecule has 0 aliphatic rings. The summed E-state index contributed by atoms with van der Waals surface area (Å²) in [5.41, 5.74) is 0.847. The van der Waals surface area contributed by atoms with Gasteiger partial charge in [0.25, 0.3) is 0 Å². The highest BCUT2D eigenvalue weighted by atomic mass is 35.5. The van der Waals surface area contributed by atoms with Gasteiger partial charge in [-0.3, -0.25) is 9.36 Å². The monoisotopic (exact) mass is 455 g/mol. The average Bonchev–Trinajstić information content (AvgIpc) is 3.44. The Morgan fingerprint density at radius 1 is 1.23 bits per heavy atom. The van der Waals surface area contributed by atoms with E-state index in [1.54, 1.807) is 25.5 Å². The quantitative estimate of drug-likeness (QED) is 0.394. The van der Waals surface area contributed by atoms with Gasteiger partial charge in [-0.05, 0) is 36.4 Å². The first-order chi connectivity index (χ1) is 15.1. The third-order valence-corrected chi connectivity index (χ3v) is 5.46. The molecule has 3 aromatic heterocycles. The summed E-state index contributed by atoms with van der Waals surface area (Å²) in [5.74, 6) is 2.48. The van der Waals surface area contributed by atoms with E-state index in [1.165, 1.54) is 18.0 Å². The van der Waals surface area contributed by atoms with E-state index in [0.29, 0.717) is 34.1 Å². The van der Waals surface area contributed by atoms with Gasteiger partial charge in [0.1, 0.15) is 17.3 Å². The number of furan rings is 1. The van der Waals surface area contributed by atoms with Crippen molar-refractivity contribution in [3.05, 3.63) is 71.8 Å². The lowest BCUT2D eigenvalue weighted by atomic mass is 10.2. The van der Waals surface area contributed by atoms with Gasteiger partial charge < -0.3 is 14.5 Å². The molecular formula is C21H18ClN5O3S. The van der Waals surface area contributed by atoms with Crippen molar-refractivity contribution in [2.45, 2.75) is 11.7 Å². The Balaban J connectivity index is 1.54. The van der Waals surface area contributed by atoms with Crippen LogP contribution in [0, 0.1) is 0 Å². The Bertz CT molecular complexity index is 1160. The number of anilines is 1. The molecule has 4 rings (SSSR count). The van der Waals surface area contributed by atoms with E-state index in [0.717, 1.165) is 11.3 Å². The van der Waals surface area contributed by atoms with Gasteiger partial charge in [0.2, 0.25) is 5.91 Å². The van der Waals surface area contributed by atoms with Crippen molar-refractivity contribution in [3.63, 3.8) is 0 Å². The summed E-state index contributed by atoms with van der Waals surface area (Å²) in [4.78, 5) is 16.4. The number of thioether (sulfide) groups is 1. The Hall–Kier alpha value is -3.30. The largest absolute Gasteiger partial charge is 0.497 e. The van der Waals surface area contributed by atoms with Crippen LogP contribution in [0.25, 0.3) is 11.4 Å². The number of carbonyl (C=O) groups is 1. The molecule has 4 aromatic rings. The number of halogens is 1. The summed E-state index contributed by atoms with van der Waals surface area (Å²) in [5, 5.41) is 12.5. The molecule has 0 bridgehead atoms. The van der Waals surface area contributed by atoms with Crippen LogP contribution in [0.2, 0.25) is 5.02 Å². The number of pyridine rings is 1. The predicted molar refractivity (Wildman–Crippen MR) is 118 cm³/mol. The van der Waals surface area contributed by atoms with Crippen molar-refractivity contribution in [3.8, 4) is 17.1 Å². The fourth-order valence-corrected chi connectivity index (χ4v) is 3.68. The number of aromatic nitrogens is 4. The maximum Gasteiger partial charge on any atom is 0.236 e. The highest BCUT2D eigenvalue weighted by molar-refractivity contribution is 7.99. The normalized spacial score (nSPS) is 10.8. The van der Waals surface area contributed by atoms with Crippen molar-refractivity contribution >= 4 is 35.1 Å². The third-order valence-electron chi connectivity index (χ3n) is 4.27. The maximum absolute atomic E-state index is 12.4. The van der Waals surface area contributed by atoms with Gasteiger partial charge in [0, 0.05) is 11.8 Å². The zero-order valence-corrected chi connectivity index (χ0v) is 18.1. The zero-order chi connectivity index (χ0) is 21.6. The van der Waals surface area contributed by atoms with Gasteiger partial charge >= 0.3 is 0 Å². The van der Waals surface area contributed by atoms with Crippen LogP contribution in [0.4, 0.5) is 5.82 Å². The SMILES string of the molecule is COc1cccc(-c2nnc(SCC(=O)Nc3ccc(Cl)cn3)n2Cc2ccco2)c1. The third kappa shape index (κ3) is 5.25. The summed E-state index contributed by atoms with van der Waals surface area (Å²) < 4.78 is 12.7. The molecule has 0 aliphatic carbocycles. The highest BCUT2D eigenvalue weighted by Gasteiger charge is 2.17. The van der Waals surface area contributed by atoms with Crippen LogP contribution in [0.15, 0.2) is 70.6 Å². The van der Waals surface area contributed by atoms with Gasteiger partial charge in [-0.1, -0.05) is 35.5 Å². The maximum atomic E-state index is 12.4. The number of ether oxygens (including phenoxy) is 1. The lowest BCUT2D eigenvalue weighted by molar-refractivity contribution is -0.113. The molecule has 1 amide bonds. The van der Waals surface area contributed by atoms with Crippen molar-refractivity contribution in [1.29, 1.82) is 0 Å². The summed E-state index contributed by atoms with van der Waals surface area (Å²) in [6.07, 6.45) is 3.09. The Kier molecular flexibility index (Phi) is 6.54. The number of amides is 1. The Labute approximate surface area is 187 Å². The molecule has 8 nitrogen and oxygen atoms in total. The van der Waals surface area contributed by atoms with Gasteiger partial charge in [0.15, 0.2) is 11.0 Å². The number of carbonyl (C=O) groups excluding carboxylic acids is 1. The van der Waals surface area contributed by atoms with Crippen LogP contribution >= 0.6 is 23.4 Å². The van der Waals surface area contributed by atoms with Crippen LogP contribution in [-0.2, 0) is 11.3 Å². The molecule has 0 fully saturated rings. The number of benzene rings is 1. The Morgan fingerprint density at radius 2 is 2.13 bits per heavy atom. The first kappa shape index (κ1) is 21.0. The second-order valence-electron chi connectivity index (χ2n) is 6.40. The van der Waals surface area contributed by atoms with E-state index in [9.17, 15) is 4.79 Å². The number of nitrogens with zero attached hydrogens (tertiary/aromatic N) is 4. The lowest BCUT2D eigenvalue weighted by Crippen LogP contribution is -2.15. The lowest BCUT2D eigenvalue weighted by Gasteiger charge is -2.10. The minimum absolute atomic E-state index is 0.138. The fourth-order valence-electron chi connectivity index (χ4n) is 2.83. The van der Waals surface area contributed by atoms with Crippen LogP contribution in [0.5, 0.6) is 5.75 Å². The van der Waals surface area contributed by atoms with E-state index < -0.39 is 0 Å². The molecule has 10 heteroatoms. The number of methoxy groups -OCH3 is 1. The van der Waals surface area contributed by atoms with E-state index in [2.05, 4.69) is 20.5 Å². The second-order valence-corrected chi connectivity index (χ2v) is 7.78. The van der Waals surface area contributed by atoms with E-state index in [4.69, 9.17) is 20.8 Å². The first-order valence-electron chi connectivity index (χ1n) is 9.26. The van der Waals surface area contributed by atoms with Crippen molar-refractivity contribution < 1.29 is 13.9 Å². The van der Waals surface area contributed by atoms with Crippen LogP contribution in [0.1, 0.15) is 5.76 Å². The number of hydrogen-bond donors (Lipinski definition) is 1. The van der Waals surface area contributed by atoms with Crippen molar-refractivity contribution in [2.75, 3.05) is 18.2 Å². The molecule has 3 heterocycles. The molecule has 0 saturated carbocycles. The van der Waals surface area contributed by atoms with Crippen molar-refractivity contribution in [2.24, 2.45) is 0 Å². The zero-order valence-electron chi connectivity index (χ0n) is 16.5. The summed E-state index contributed by atoms with van der Waals surface area (Å²) in [7, 11) is 1.61. The molecule has 0 radical (unpaired) electrons. The fraction of sp³-hybridized carbons (Fsp3) is 0.143. The van der Waals surface area contributed by atoms with Gasteiger partial charge in [-0.2, -0.15) is 0 Å². The van der Waals surface area contributed by atoms with Gasteiger partial charge in [0.05, 0.1) is 30.7 Å². The van der Waals surface area contributed by atoms with E-state index >= 15 is 0 Å². The minimum atomic E-state index is -0.213. The van der Waals surface area contributed by atoms with E-state index in [1.807, 2.05) is 41.0 Å². The number of nitrogens with one attached hydrogen (secondary N) is 1. The van der Waals surface area contributed by atoms with E-state index in [-0.39, 0.29) is 11.7 Å². The molecule has 0 aliphatic heterocycles. The first-order valence-corrected chi connectivity index (χ1v) is 10.6. The van der Waals surface area contributed by atoms with Crippen LogP contribution < -0.4 is 10.1 Å². The molecule has 0 atom stereocenters. The molecule has 0 unspecified atom stereocenters. The summed E-state index contributed by atoms with van der Waals surface area (Å²) in [6, 6.07) is 14.6. The number of rotatable bonds is 8. The summed E-state index contributed by atoms with van der Waals surface area (Å²) in [6.45, 7) is 0.426. The molecule has 0 spiro atoms. The standard InChI is InChI=1S/C21H18ClN5O3S/c1-29-16-5-2-4-14(10-16)20-25-26-21(27(20)12-17-6-3-9-30-17)31-13-19(28)24-18-8-7-15(22)11-23-18/h2-11H,12-13H2,1H3,(H,23,24,28). The molecule has 31 heavy (non-hydrogen) atoms. The molecule has 0 saturated heterocycles. The smallest absolute Gasteiger partial charge is 0.236 e. The van der Waals surface area contributed by atoms with Crippen molar-refractivity contribution in [1.82, 2.24) is 19.7 Å². The average molecular weight is 456 g/mol. The topological polar surface area (TPSA) is 95.1 Å². The Morgan fingerprint density at radius 3 is 2.87 bits per heavy atom. The van der Waals surface area contributed by atoms with Gasteiger partial charge in [-0.15, -0.1) is 10.2 Å². The molecular weight excluding hydrogens is 438 g/mol. The molecule has 1 aromatic carbocycles. The summed E-state index contributed by atoms with van der Waals surface area (Å²) >= 11 is 7.10. The number of hydrogen-bond acceptors (Lipinski definition) is 7. The predicted octanol–water partition coefficient (Wildman–Crippen LogP) is 4.37. The minimum Gasteiger partial charge on any atom is -0.497 e. The second kappa shape index (κ2) is 9.67. The molecule has 158 valence electrons. The van der Waals surface area contributed by atoms with Crippen LogP contribution in [-0.4, -0.2) is 38.5 Å². The molecule has 1 N–H and O–H groups in total. The van der Waals surface area contributed by atoms with Gasteiger partial charge in [-0.25, -0.2) is 4.98 Å². The highest BCUT2D eigenvalue weighted by Crippen LogP contribution is 2.27.